The van der Waals surface area contributed by atoms with E-state index in [4.69, 9.17) is 10.5 Å². The van der Waals surface area contributed by atoms with E-state index in [0.717, 1.165) is 47.5 Å². The van der Waals surface area contributed by atoms with Crippen molar-refractivity contribution in [1.29, 1.82) is 0 Å². The number of hydrogen-bond donors (Lipinski definition) is 3. The van der Waals surface area contributed by atoms with Gasteiger partial charge >= 0.3 is 0 Å². The molecule has 1 atom stereocenters. The number of nitrogens with two attached hydrogens (primary N) is 1. The molecule has 29 heavy (non-hydrogen) atoms. The van der Waals surface area contributed by atoms with Crippen molar-refractivity contribution < 1.29 is 19.2 Å². The Hall–Kier alpha value is -2.64. The van der Waals surface area contributed by atoms with E-state index < -0.39 is 5.91 Å². The maximum atomic E-state index is 12.6. The van der Waals surface area contributed by atoms with Gasteiger partial charge in [-0.15, -0.1) is 11.3 Å². The van der Waals surface area contributed by atoms with Gasteiger partial charge in [0, 0.05) is 10.4 Å². The predicted molar refractivity (Wildman–Crippen MR) is 116 cm³/mol. The largest absolute Gasteiger partial charge is 0.490 e. The highest BCUT2D eigenvalue weighted by atomic mass is 32.1. The number of nitrogens with one attached hydrogen (secondary N) is 2. The van der Waals surface area contributed by atoms with Crippen LogP contribution < -0.4 is 20.7 Å². The van der Waals surface area contributed by atoms with Gasteiger partial charge in [-0.2, -0.15) is 0 Å². The summed E-state index contributed by atoms with van der Waals surface area (Å²) >= 11 is 1.49. The maximum absolute atomic E-state index is 12.6. The standard InChI is InChI=1S/C22H27N3O3S/c1-3-12-28-16-10-8-15(9-11-16)13-25(2)14-19(26)24-22-20(21(23)27)17-6-4-5-7-18(17)29-22/h3,8-11H,1,4-7,12-14H2,2H3,(H2,23,27)(H,24,26)/p+1. The first kappa shape index (κ1) is 21.1. The smallest absolute Gasteiger partial charge is 0.280 e. The van der Waals surface area contributed by atoms with Crippen molar-refractivity contribution in [3.8, 4) is 5.75 Å². The summed E-state index contributed by atoms with van der Waals surface area (Å²) < 4.78 is 5.49. The Balaban J connectivity index is 1.58. The second kappa shape index (κ2) is 9.71. The number of ether oxygens (including phenoxy) is 1. The molecule has 0 saturated carbocycles. The van der Waals surface area contributed by atoms with E-state index in [0.29, 0.717) is 30.3 Å². The van der Waals surface area contributed by atoms with Crippen LogP contribution in [0.5, 0.6) is 5.75 Å². The zero-order valence-corrected chi connectivity index (χ0v) is 17.6. The van der Waals surface area contributed by atoms with Crippen molar-refractivity contribution in [2.75, 3.05) is 25.5 Å². The van der Waals surface area contributed by atoms with Crippen LogP contribution in [0.3, 0.4) is 0 Å². The third kappa shape index (κ3) is 5.46. The lowest BCUT2D eigenvalue weighted by molar-refractivity contribution is -0.885. The van der Waals surface area contributed by atoms with Crippen molar-refractivity contribution in [3.05, 3.63) is 58.5 Å². The van der Waals surface area contributed by atoms with Crippen molar-refractivity contribution in [2.45, 2.75) is 32.2 Å². The van der Waals surface area contributed by atoms with E-state index in [1.54, 1.807) is 6.08 Å². The molecule has 0 spiro atoms. The number of carbonyl (C=O) groups is 2. The molecule has 6 nitrogen and oxygen atoms in total. The first-order valence-electron chi connectivity index (χ1n) is 9.86. The number of primary amides is 1. The minimum Gasteiger partial charge on any atom is -0.490 e. The molecule has 0 radical (unpaired) electrons. The fourth-order valence-electron chi connectivity index (χ4n) is 3.63. The Bertz CT molecular complexity index is 889. The van der Waals surface area contributed by atoms with Crippen molar-refractivity contribution >= 4 is 28.2 Å². The van der Waals surface area contributed by atoms with Gasteiger partial charge in [-0.3, -0.25) is 9.59 Å². The summed E-state index contributed by atoms with van der Waals surface area (Å²) in [5.74, 6) is 0.221. The number of hydrogen-bond acceptors (Lipinski definition) is 4. The van der Waals surface area contributed by atoms with Gasteiger partial charge in [-0.05, 0) is 55.5 Å². The van der Waals surface area contributed by atoms with Crippen LogP contribution in [-0.4, -0.2) is 32.0 Å². The number of likely N-dealkylation sites (N-methyl/N-ethyl adjacent to an activating group) is 1. The molecule has 1 heterocycles. The van der Waals surface area contributed by atoms with Crippen LogP contribution in [0.15, 0.2) is 36.9 Å². The fourth-order valence-corrected chi connectivity index (χ4v) is 4.94. The number of carbonyl (C=O) groups excluding carboxylic acids is 2. The molecule has 7 heteroatoms. The second-order valence-electron chi connectivity index (χ2n) is 7.38. The zero-order valence-electron chi connectivity index (χ0n) is 16.8. The minimum atomic E-state index is -0.459. The Labute approximate surface area is 175 Å². The molecular weight excluding hydrogens is 386 g/mol. The molecule has 1 unspecified atom stereocenters. The molecule has 0 saturated heterocycles. The highest BCUT2D eigenvalue weighted by Crippen LogP contribution is 2.37. The highest BCUT2D eigenvalue weighted by molar-refractivity contribution is 7.17. The minimum absolute atomic E-state index is 0.116. The van der Waals surface area contributed by atoms with E-state index in [9.17, 15) is 9.59 Å². The molecule has 154 valence electrons. The van der Waals surface area contributed by atoms with E-state index in [2.05, 4.69) is 11.9 Å². The molecule has 1 aromatic heterocycles. The molecule has 0 aliphatic heterocycles. The van der Waals surface area contributed by atoms with Gasteiger partial charge in [0.05, 0.1) is 12.6 Å². The predicted octanol–water partition coefficient (Wildman–Crippen LogP) is 1.94. The number of quaternary nitrogens is 1. The third-order valence-corrected chi connectivity index (χ3v) is 6.14. The maximum Gasteiger partial charge on any atom is 0.280 e. The van der Waals surface area contributed by atoms with Gasteiger partial charge in [0.1, 0.15) is 23.9 Å². The molecule has 0 bridgehead atoms. The van der Waals surface area contributed by atoms with Gasteiger partial charge < -0.3 is 20.7 Å². The van der Waals surface area contributed by atoms with Crippen LogP contribution in [0.2, 0.25) is 0 Å². The van der Waals surface area contributed by atoms with E-state index in [1.165, 1.54) is 16.2 Å². The number of benzene rings is 1. The van der Waals surface area contributed by atoms with Crippen LogP contribution in [0, 0.1) is 0 Å². The van der Waals surface area contributed by atoms with Crippen LogP contribution in [-0.2, 0) is 24.2 Å². The first-order chi connectivity index (χ1) is 14.0. The number of anilines is 1. The van der Waals surface area contributed by atoms with E-state index in [1.807, 2.05) is 31.3 Å². The summed E-state index contributed by atoms with van der Waals surface area (Å²) in [6, 6.07) is 7.83. The van der Waals surface area contributed by atoms with Crippen LogP contribution >= 0.6 is 11.3 Å². The summed E-state index contributed by atoms with van der Waals surface area (Å²) in [7, 11) is 1.97. The summed E-state index contributed by atoms with van der Waals surface area (Å²) in [5, 5.41) is 3.53. The second-order valence-corrected chi connectivity index (χ2v) is 8.49. The lowest BCUT2D eigenvalue weighted by Crippen LogP contribution is -3.08. The SMILES string of the molecule is C=CCOc1ccc(C[NH+](C)CC(=O)Nc2sc3c(c2C(N)=O)CCCC3)cc1. The Morgan fingerprint density at radius 3 is 2.69 bits per heavy atom. The van der Waals surface area contributed by atoms with Gasteiger partial charge in [0.15, 0.2) is 6.54 Å². The Morgan fingerprint density at radius 2 is 2.00 bits per heavy atom. The average Bonchev–Trinajstić information content (AvgIpc) is 3.05. The van der Waals surface area contributed by atoms with Gasteiger partial charge in [0.25, 0.3) is 11.8 Å². The third-order valence-electron chi connectivity index (χ3n) is 4.93. The molecule has 0 fully saturated rings. The number of rotatable bonds is 9. The van der Waals surface area contributed by atoms with Gasteiger partial charge in [0.2, 0.25) is 0 Å². The summed E-state index contributed by atoms with van der Waals surface area (Å²) in [4.78, 5) is 26.7. The van der Waals surface area contributed by atoms with Gasteiger partial charge in [-0.25, -0.2) is 0 Å². The average molecular weight is 415 g/mol. The number of aryl methyl sites for hydroxylation is 1. The highest BCUT2D eigenvalue weighted by Gasteiger charge is 2.25. The number of thiophene rings is 1. The monoisotopic (exact) mass is 414 g/mol. The Kier molecular flexibility index (Phi) is 7.06. The van der Waals surface area contributed by atoms with Crippen LogP contribution in [0.1, 0.15) is 39.2 Å². The zero-order chi connectivity index (χ0) is 20.8. The van der Waals surface area contributed by atoms with Crippen LogP contribution in [0.4, 0.5) is 5.00 Å². The fraction of sp³-hybridized carbons (Fsp3) is 0.364. The quantitative estimate of drug-likeness (QED) is 0.548. The molecule has 1 aromatic carbocycles. The molecule has 3 rings (SSSR count). The van der Waals surface area contributed by atoms with E-state index in [-0.39, 0.29) is 5.91 Å². The van der Waals surface area contributed by atoms with E-state index >= 15 is 0 Å². The summed E-state index contributed by atoms with van der Waals surface area (Å²) in [6.45, 7) is 5.12. The number of fused-ring (bicyclic) bond motifs is 1. The molecule has 2 amide bonds. The Morgan fingerprint density at radius 1 is 1.28 bits per heavy atom. The summed E-state index contributed by atoms with van der Waals surface area (Å²) in [5.41, 5.74) is 8.25. The van der Waals surface area contributed by atoms with Crippen molar-refractivity contribution in [3.63, 3.8) is 0 Å². The molecule has 1 aliphatic rings. The van der Waals surface area contributed by atoms with Crippen molar-refractivity contribution in [1.82, 2.24) is 0 Å². The number of amides is 2. The molecule has 2 aromatic rings. The lowest BCUT2D eigenvalue weighted by atomic mass is 9.95. The first-order valence-corrected chi connectivity index (χ1v) is 10.7. The van der Waals surface area contributed by atoms with Crippen LogP contribution in [0.25, 0.3) is 0 Å². The van der Waals surface area contributed by atoms with Gasteiger partial charge in [-0.1, -0.05) is 12.7 Å². The van der Waals surface area contributed by atoms with Crippen molar-refractivity contribution in [2.24, 2.45) is 5.73 Å². The molecule has 1 aliphatic carbocycles. The molecule has 4 N–H and O–H groups in total. The normalized spacial score (nSPS) is 14.0. The topological polar surface area (TPSA) is 85.9 Å². The summed E-state index contributed by atoms with van der Waals surface area (Å²) in [6.07, 6.45) is 5.69. The molecular formula is C22H28N3O3S+. The lowest BCUT2D eigenvalue weighted by Gasteiger charge is -2.14.